The van der Waals surface area contributed by atoms with Crippen molar-refractivity contribution >= 4 is 22.4 Å². The van der Waals surface area contributed by atoms with Crippen molar-refractivity contribution < 1.29 is 22.6 Å². The normalized spacial score (nSPS) is 11.5. The Morgan fingerprint density at radius 3 is 2.42 bits per heavy atom. The largest absolute Gasteiger partial charge is 0.493 e. The Hall–Kier alpha value is -3.68. The number of alkyl halides is 3. The van der Waals surface area contributed by atoms with Crippen LogP contribution in [0.1, 0.15) is 5.56 Å². The van der Waals surface area contributed by atoms with Crippen LogP contribution < -0.4 is 14.8 Å². The van der Waals surface area contributed by atoms with Gasteiger partial charge in [-0.3, -0.25) is 0 Å². The molecule has 0 radical (unpaired) electrons. The molecular weight excluding hydrogens is 407 g/mol. The number of nitrogens with one attached hydrogen (secondary N) is 1. The lowest BCUT2D eigenvalue weighted by Crippen LogP contribution is -2.04. The van der Waals surface area contributed by atoms with E-state index in [1.54, 1.807) is 38.6 Å². The SMILES string of the molecule is COc1ccc(Nc2cc3c(cn2)cc(-c2cccc(C(F)(F)F)c2)n3C)cc1OC. The minimum Gasteiger partial charge on any atom is -0.493 e. The molecule has 4 aromatic rings. The summed E-state index contributed by atoms with van der Waals surface area (Å²) in [5.41, 5.74) is 2.08. The number of aryl methyl sites for hydroxylation is 1. The van der Waals surface area contributed by atoms with Gasteiger partial charge in [-0.15, -0.1) is 0 Å². The Kier molecular flexibility index (Phi) is 5.22. The van der Waals surface area contributed by atoms with E-state index in [2.05, 4.69) is 10.3 Å². The van der Waals surface area contributed by atoms with Crippen molar-refractivity contribution in [1.29, 1.82) is 0 Å². The van der Waals surface area contributed by atoms with E-state index in [-0.39, 0.29) is 0 Å². The molecule has 2 aromatic carbocycles. The van der Waals surface area contributed by atoms with E-state index in [0.717, 1.165) is 28.7 Å². The lowest BCUT2D eigenvalue weighted by atomic mass is 10.1. The van der Waals surface area contributed by atoms with E-state index >= 15 is 0 Å². The van der Waals surface area contributed by atoms with Gasteiger partial charge in [0, 0.05) is 42.1 Å². The van der Waals surface area contributed by atoms with Gasteiger partial charge in [0.1, 0.15) is 5.82 Å². The number of anilines is 2. The molecule has 0 fully saturated rings. The molecule has 0 bridgehead atoms. The minimum absolute atomic E-state index is 0.489. The van der Waals surface area contributed by atoms with Crippen LogP contribution in [-0.4, -0.2) is 23.8 Å². The lowest BCUT2D eigenvalue weighted by Gasteiger charge is -2.11. The summed E-state index contributed by atoms with van der Waals surface area (Å²) < 4.78 is 51.7. The molecule has 0 aliphatic carbocycles. The average molecular weight is 427 g/mol. The van der Waals surface area contributed by atoms with E-state index in [9.17, 15) is 13.2 Å². The molecule has 0 amide bonds. The number of rotatable bonds is 5. The van der Waals surface area contributed by atoms with Crippen LogP contribution in [0.15, 0.2) is 60.8 Å². The summed E-state index contributed by atoms with van der Waals surface area (Å²) in [5, 5.41) is 4.05. The number of hydrogen-bond acceptors (Lipinski definition) is 4. The van der Waals surface area contributed by atoms with E-state index in [0.29, 0.717) is 28.6 Å². The van der Waals surface area contributed by atoms with Gasteiger partial charge in [0.05, 0.1) is 25.3 Å². The molecule has 0 saturated carbocycles. The highest BCUT2D eigenvalue weighted by Gasteiger charge is 2.30. The van der Waals surface area contributed by atoms with Gasteiger partial charge in [-0.05, 0) is 35.9 Å². The Labute approximate surface area is 177 Å². The van der Waals surface area contributed by atoms with Crippen LogP contribution in [0.5, 0.6) is 11.5 Å². The van der Waals surface area contributed by atoms with Crippen molar-refractivity contribution in [2.24, 2.45) is 7.05 Å². The van der Waals surface area contributed by atoms with Gasteiger partial charge in [0.15, 0.2) is 11.5 Å². The summed E-state index contributed by atoms with van der Waals surface area (Å²) >= 11 is 0. The second-order valence-electron chi connectivity index (χ2n) is 6.99. The number of halogens is 3. The van der Waals surface area contributed by atoms with Gasteiger partial charge in [-0.1, -0.05) is 12.1 Å². The van der Waals surface area contributed by atoms with Crippen molar-refractivity contribution in [3.05, 3.63) is 66.4 Å². The Morgan fingerprint density at radius 1 is 0.935 bits per heavy atom. The summed E-state index contributed by atoms with van der Waals surface area (Å²) in [7, 11) is 4.95. The predicted molar refractivity (Wildman–Crippen MR) is 114 cm³/mol. The fraction of sp³-hybridized carbons (Fsp3) is 0.174. The minimum atomic E-state index is -4.39. The van der Waals surface area contributed by atoms with Crippen molar-refractivity contribution in [3.63, 3.8) is 0 Å². The topological polar surface area (TPSA) is 48.3 Å². The third-order valence-corrected chi connectivity index (χ3v) is 5.07. The highest BCUT2D eigenvalue weighted by molar-refractivity contribution is 5.88. The van der Waals surface area contributed by atoms with Crippen LogP contribution in [0.3, 0.4) is 0 Å². The highest BCUT2D eigenvalue weighted by atomic mass is 19.4. The van der Waals surface area contributed by atoms with E-state index in [1.165, 1.54) is 6.07 Å². The van der Waals surface area contributed by atoms with Crippen molar-refractivity contribution in [2.45, 2.75) is 6.18 Å². The monoisotopic (exact) mass is 427 g/mol. The Balaban J connectivity index is 1.69. The van der Waals surface area contributed by atoms with Gasteiger partial charge >= 0.3 is 6.18 Å². The lowest BCUT2D eigenvalue weighted by molar-refractivity contribution is -0.137. The molecule has 2 aromatic heterocycles. The number of ether oxygens (including phenoxy) is 2. The first kappa shape index (κ1) is 20.6. The molecule has 4 rings (SSSR count). The number of hydrogen-bond donors (Lipinski definition) is 1. The van der Waals surface area contributed by atoms with Crippen LogP contribution in [-0.2, 0) is 13.2 Å². The zero-order chi connectivity index (χ0) is 22.2. The molecule has 0 aliphatic rings. The zero-order valence-corrected chi connectivity index (χ0v) is 17.1. The Morgan fingerprint density at radius 2 is 1.71 bits per heavy atom. The maximum absolute atomic E-state index is 13.1. The van der Waals surface area contributed by atoms with Crippen LogP contribution in [0, 0.1) is 0 Å². The van der Waals surface area contributed by atoms with Crippen LogP contribution in [0.4, 0.5) is 24.7 Å². The van der Waals surface area contributed by atoms with Gasteiger partial charge in [-0.25, -0.2) is 4.98 Å². The van der Waals surface area contributed by atoms with Crippen LogP contribution in [0.2, 0.25) is 0 Å². The first-order valence-electron chi connectivity index (χ1n) is 9.42. The van der Waals surface area contributed by atoms with Crippen molar-refractivity contribution in [3.8, 4) is 22.8 Å². The molecule has 0 aliphatic heterocycles. The molecule has 31 heavy (non-hydrogen) atoms. The third-order valence-electron chi connectivity index (χ3n) is 5.07. The molecule has 160 valence electrons. The average Bonchev–Trinajstić information content (AvgIpc) is 3.09. The van der Waals surface area contributed by atoms with E-state index in [4.69, 9.17) is 9.47 Å². The van der Waals surface area contributed by atoms with Crippen LogP contribution in [0.25, 0.3) is 22.2 Å². The third kappa shape index (κ3) is 4.01. The summed E-state index contributed by atoms with van der Waals surface area (Å²) in [5.74, 6) is 1.79. The van der Waals surface area contributed by atoms with Gasteiger partial charge in [0.2, 0.25) is 0 Å². The molecule has 8 heteroatoms. The standard InChI is InChI=1S/C23H20F3N3O2/c1-29-18(14-5-4-6-16(9-14)23(24,25)26)10-15-13-27-22(12-19(15)29)28-17-7-8-20(30-2)21(11-17)31-3/h4-13H,1-3H3,(H,27,28). The first-order valence-corrected chi connectivity index (χ1v) is 9.42. The summed E-state index contributed by atoms with van der Waals surface area (Å²) in [6.07, 6.45) is -2.70. The number of pyridine rings is 1. The fourth-order valence-corrected chi connectivity index (χ4v) is 3.49. The second kappa shape index (κ2) is 7.86. The predicted octanol–water partition coefficient (Wildman–Crippen LogP) is 6.02. The number of methoxy groups -OCH3 is 2. The summed E-state index contributed by atoms with van der Waals surface area (Å²) in [6, 6.07) is 14.4. The van der Waals surface area contributed by atoms with Crippen molar-refractivity contribution in [2.75, 3.05) is 19.5 Å². The summed E-state index contributed by atoms with van der Waals surface area (Å²) in [6.45, 7) is 0. The van der Waals surface area contributed by atoms with Gasteiger partial charge in [-0.2, -0.15) is 13.2 Å². The van der Waals surface area contributed by atoms with Gasteiger partial charge in [0.25, 0.3) is 0 Å². The smallest absolute Gasteiger partial charge is 0.416 e. The maximum Gasteiger partial charge on any atom is 0.416 e. The highest BCUT2D eigenvalue weighted by Crippen LogP contribution is 2.35. The number of fused-ring (bicyclic) bond motifs is 1. The number of benzene rings is 2. The molecule has 0 saturated heterocycles. The van der Waals surface area contributed by atoms with Crippen LogP contribution >= 0.6 is 0 Å². The zero-order valence-electron chi connectivity index (χ0n) is 17.1. The molecule has 0 spiro atoms. The molecule has 0 unspecified atom stereocenters. The number of aromatic nitrogens is 2. The van der Waals surface area contributed by atoms with Crippen molar-refractivity contribution in [1.82, 2.24) is 9.55 Å². The molecule has 5 nitrogen and oxygen atoms in total. The molecular formula is C23H20F3N3O2. The maximum atomic E-state index is 13.1. The first-order chi connectivity index (χ1) is 14.8. The summed E-state index contributed by atoms with van der Waals surface area (Å²) in [4.78, 5) is 4.43. The number of nitrogens with zero attached hydrogens (tertiary/aromatic N) is 2. The molecule has 2 heterocycles. The van der Waals surface area contributed by atoms with Gasteiger partial charge < -0.3 is 19.4 Å². The fourth-order valence-electron chi connectivity index (χ4n) is 3.49. The molecule has 1 N–H and O–H groups in total. The quantitative estimate of drug-likeness (QED) is 0.423. The van der Waals surface area contributed by atoms with E-state index in [1.807, 2.05) is 29.8 Å². The van der Waals surface area contributed by atoms with E-state index < -0.39 is 11.7 Å². The Bertz CT molecular complexity index is 1250. The second-order valence-corrected chi connectivity index (χ2v) is 6.99. The molecule has 0 atom stereocenters.